The Morgan fingerprint density at radius 3 is 2.75 bits per heavy atom. The molecule has 1 aromatic rings. The largest absolute Gasteiger partial charge is 0.390 e. The maximum absolute atomic E-state index is 9.70. The second-order valence-electron chi connectivity index (χ2n) is 3.52. The third-order valence-corrected chi connectivity index (χ3v) is 2.52. The Labute approximate surface area is 101 Å². The minimum atomic E-state index is -0.531. The summed E-state index contributed by atoms with van der Waals surface area (Å²) in [5, 5.41) is 10.4. The van der Waals surface area contributed by atoms with Crippen molar-refractivity contribution in [1.29, 1.82) is 0 Å². The zero-order valence-electron chi connectivity index (χ0n) is 9.36. The normalized spacial score (nSPS) is 12.7. The highest BCUT2D eigenvalue weighted by Gasteiger charge is 2.08. The third kappa shape index (κ3) is 4.94. The van der Waals surface area contributed by atoms with Gasteiger partial charge in [-0.15, -0.1) is 0 Å². The van der Waals surface area contributed by atoms with Gasteiger partial charge in [0.25, 0.3) is 0 Å². The van der Waals surface area contributed by atoms with Crippen LogP contribution in [0.3, 0.4) is 0 Å². The first-order valence-electron chi connectivity index (χ1n) is 5.22. The van der Waals surface area contributed by atoms with Gasteiger partial charge >= 0.3 is 0 Å². The van der Waals surface area contributed by atoms with Gasteiger partial charge in [0.15, 0.2) is 0 Å². The molecule has 1 atom stereocenters. The summed E-state index contributed by atoms with van der Waals surface area (Å²) in [7, 11) is 1.61. The number of aliphatic hydroxyl groups is 1. The Hall–Kier alpha value is -0.610. The molecule has 0 saturated heterocycles. The summed E-state index contributed by atoms with van der Waals surface area (Å²) < 4.78 is 10.1. The van der Waals surface area contributed by atoms with E-state index in [0.717, 1.165) is 5.56 Å². The number of benzene rings is 1. The molecule has 0 aromatic heterocycles. The van der Waals surface area contributed by atoms with Crippen LogP contribution in [0.15, 0.2) is 24.3 Å². The molecule has 90 valence electrons. The molecule has 1 unspecified atom stereocenters. The predicted molar refractivity (Wildman–Crippen MR) is 63.9 cm³/mol. The lowest BCUT2D eigenvalue weighted by molar-refractivity contribution is 0.0137. The van der Waals surface area contributed by atoms with Crippen LogP contribution in [-0.2, 0) is 15.9 Å². The van der Waals surface area contributed by atoms with Gasteiger partial charge in [-0.2, -0.15) is 0 Å². The molecule has 0 aliphatic carbocycles. The van der Waals surface area contributed by atoms with Crippen molar-refractivity contribution in [3.63, 3.8) is 0 Å². The summed E-state index contributed by atoms with van der Waals surface area (Å²) in [6.07, 6.45) is -0.0242. The van der Waals surface area contributed by atoms with Crippen LogP contribution in [-0.4, -0.2) is 38.1 Å². The van der Waals surface area contributed by atoms with Crippen molar-refractivity contribution in [3.8, 4) is 0 Å². The second kappa shape index (κ2) is 7.63. The molecule has 16 heavy (non-hydrogen) atoms. The summed E-state index contributed by atoms with van der Waals surface area (Å²) in [4.78, 5) is 0. The predicted octanol–water partition coefficient (Wildman–Crippen LogP) is 1.91. The van der Waals surface area contributed by atoms with Gasteiger partial charge in [-0.25, -0.2) is 0 Å². The highest BCUT2D eigenvalue weighted by atomic mass is 35.5. The van der Waals surface area contributed by atoms with E-state index in [1.54, 1.807) is 7.11 Å². The van der Waals surface area contributed by atoms with E-state index in [2.05, 4.69) is 0 Å². The van der Waals surface area contributed by atoms with Gasteiger partial charge in [0.2, 0.25) is 0 Å². The van der Waals surface area contributed by atoms with Crippen molar-refractivity contribution < 1.29 is 14.6 Å². The first kappa shape index (κ1) is 13.5. The summed E-state index contributed by atoms with van der Waals surface area (Å²) in [6.45, 7) is 1.34. The van der Waals surface area contributed by atoms with E-state index in [-0.39, 0.29) is 0 Å². The molecule has 0 spiro atoms. The number of hydrogen-bond acceptors (Lipinski definition) is 3. The minimum Gasteiger partial charge on any atom is -0.390 e. The number of hydrogen-bond donors (Lipinski definition) is 1. The van der Waals surface area contributed by atoms with Crippen LogP contribution in [0.2, 0.25) is 5.02 Å². The maximum Gasteiger partial charge on any atom is 0.0814 e. The van der Waals surface area contributed by atoms with Crippen molar-refractivity contribution in [1.82, 2.24) is 0 Å². The standard InChI is InChI=1S/C12H17ClO3/c1-15-6-7-16-9-11(14)8-10-4-2-3-5-12(10)13/h2-5,11,14H,6-9H2,1H3. The van der Waals surface area contributed by atoms with Gasteiger partial charge in [0, 0.05) is 18.6 Å². The fraction of sp³-hybridized carbons (Fsp3) is 0.500. The molecule has 1 N–H and O–H groups in total. The van der Waals surface area contributed by atoms with Gasteiger partial charge in [-0.1, -0.05) is 29.8 Å². The van der Waals surface area contributed by atoms with Crippen molar-refractivity contribution in [3.05, 3.63) is 34.9 Å². The van der Waals surface area contributed by atoms with Crippen molar-refractivity contribution in [2.75, 3.05) is 26.9 Å². The molecule has 1 aromatic carbocycles. The molecule has 0 bridgehead atoms. The van der Waals surface area contributed by atoms with E-state index >= 15 is 0 Å². The minimum absolute atomic E-state index is 0.300. The van der Waals surface area contributed by atoms with E-state index in [1.165, 1.54) is 0 Å². The first-order chi connectivity index (χ1) is 7.74. The molecule has 1 rings (SSSR count). The zero-order valence-corrected chi connectivity index (χ0v) is 10.1. The number of methoxy groups -OCH3 is 1. The molecular formula is C12H17ClO3. The Morgan fingerprint density at radius 2 is 2.06 bits per heavy atom. The quantitative estimate of drug-likeness (QED) is 0.745. The van der Waals surface area contributed by atoms with Gasteiger partial charge in [0.1, 0.15) is 0 Å². The Morgan fingerprint density at radius 1 is 1.31 bits per heavy atom. The van der Waals surface area contributed by atoms with Gasteiger partial charge < -0.3 is 14.6 Å². The summed E-state index contributed by atoms with van der Waals surface area (Å²) in [5.74, 6) is 0. The highest BCUT2D eigenvalue weighted by Crippen LogP contribution is 2.16. The highest BCUT2D eigenvalue weighted by molar-refractivity contribution is 6.31. The summed E-state index contributed by atoms with van der Waals surface area (Å²) in [5.41, 5.74) is 0.937. The topological polar surface area (TPSA) is 38.7 Å². The van der Waals surface area contributed by atoms with E-state index in [4.69, 9.17) is 21.1 Å². The molecule has 0 fully saturated rings. The lowest BCUT2D eigenvalue weighted by Crippen LogP contribution is -2.19. The Balaban J connectivity index is 2.28. The van der Waals surface area contributed by atoms with Crippen molar-refractivity contribution in [2.45, 2.75) is 12.5 Å². The lowest BCUT2D eigenvalue weighted by atomic mass is 10.1. The molecule has 0 saturated carbocycles. The molecule has 3 nitrogen and oxygen atoms in total. The number of ether oxygens (including phenoxy) is 2. The van der Waals surface area contributed by atoms with Crippen LogP contribution in [0.1, 0.15) is 5.56 Å². The number of halogens is 1. The number of rotatable bonds is 7. The van der Waals surface area contributed by atoms with Crippen LogP contribution in [0, 0.1) is 0 Å². The van der Waals surface area contributed by atoms with E-state index in [1.807, 2.05) is 24.3 Å². The molecule has 0 aliphatic rings. The fourth-order valence-electron chi connectivity index (χ4n) is 1.34. The van der Waals surface area contributed by atoms with E-state index in [9.17, 15) is 5.11 Å². The molecule has 0 heterocycles. The van der Waals surface area contributed by atoms with Crippen molar-refractivity contribution >= 4 is 11.6 Å². The number of aliphatic hydroxyl groups excluding tert-OH is 1. The van der Waals surface area contributed by atoms with Crippen LogP contribution in [0.25, 0.3) is 0 Å². The average Bonchev–Trinajstić information content (AvgIpc) is 2.28. The SMILES string of the molecule is COCCOCC(O)Cc1ccccc1Cl. The second-order valence-corrected chi connectivity index (χ2v) is 3.92. The van der Waals surface area contributed by atoms with Crippen LogP contribution in [0.5, 0.6) is 0 Å². The fourth-order valence-corrected chi connectivity index (χ4v) is 1.55. The van der Waals surface area contributed by atoms with Crippen LogP contribution in [0.4, 0.5) is 0 Å². The molecule has 0 aliphatic heterocycles. The van der Waals surface area contributed by atoms with Crippen molar-refractivity contribution in [2.24, 2.45) is 0 Å². The Kier molecular flexibility index (Phi) is 6.42. The van der Waals surface area contributed by atoms with Gasteiger partial charge in [0.05, 0.1) is 25.9 Å². The maximum atomic E-state index is 9.70. The smallest absolute Gasteiger partial charge is 0.0814 e. The third-order valence-electron chi connectivity index (χ3n) is 2.16. The lowest BCUT2D eigenvalue weighted by Gasteiger charge is -2.12. The van der Waals surface area contributed by atoms with Gasteiger partial charge in [-0.3, -0.25) is 0 Å². The van der Waals surface area contributed by atoms with Gasteiger partial charge in [-0.05, 0) is 11.6 Å². The zero-order chi connectivity index (χ0) is 11.8. The average molecular weight is 245 g/mol. The molecule has 0 amide bonds. The Bertz CT molecular complexity index is 304. The molecular weight excluding hydrogens is 228 g/mol. The molecule has 0 radical (unpaired) electrons. The van der Waals surface area contributed by atoms with Crippen LogP contribution < -0.4 is 0 Å². The summed E-state index contributed by atoms with van der Waals surface area (Å²) >= 11 is 5.98. The first-order valence-corrected chi connectivity index (χ1v) is 5.60. The molecule has 4 heteroatoms. The van der Waals surface area contributed by atoms with E-state index in [0.29, 0.717) is 31.3 Å². The monoisotopic (exact) mass is 244 g/mol. The van der Waals surface area contributed by atoms with Crippen LogP contribution >= 0.6 is 11.6 Å². The summed E-state index contributed by atoms with van der Waals surface area (Å²) in [6, 6.07) is 7.49. The van der Waals surface area contributed by atoms with E-state index < -0.39 is 6.10 Å².